The molecule has 1 aliphatic heterocycles. The van der Waals surface area contributed by atoms with E-state index in [0.717, 1.165) is 18.5 Å². The first-order valence-electron chi connectivity index (χ1n) is 9.31. The summed E-state index contributed by atoms with van der Waals surface area (Å²) in [5.41, 5.74) is 6.76. The lowest BCUT2D eigenvalue weighted by Crippen LogP contribution is -2.27. The molecule has 3 rings (SSSR count). The van der Waals surface area contributed by atoms with Crippen molar-refractivity contribution in [1.29, 1.82) is 0 Å². The fraction of sp³-hybridized carbons (Fsp3) is 0.381. The molecule has 0 bridgehead atoms. The van der Waals surface area contributed by atoms with Crippen LogP contribution < -0.4 is 15.2 Å². The van der Waals surface area contributed by atoms with Gasteiger partial charge in [-0.25, -0.2) is 4.39 Å². The van der Waals surface area contributed by atoms with E-state index in [1.165, 1.54) is 6.07 Å². The summed E-state index contributed by atoms with van der Waals surface area (Å²) in [4.78, 5) is 13.5. The van der Waals surface area contributed by atoms with E-state index in [4.69, 9.17) is 26.8 Å². The molecule has 1 amide bonds. The highest BCUT2D eigenvalue weighted by atomic mass is 35.5. The molecule has 0 saturated carbocycles. The van der Waals surface area contributed by atoms with E-state index in [0.29, 0.717) is 41.8 Å². The number of carbonyl (C=O) groups excluding carboxylic acids is 1. The summed E-state index contributed by atoms with van der Waals surface area (Å²) < 4.78 is 25.4. The number of primary amides is 1. The molecule has 1 aliphatic rings. The first kappa shape index (κ1) is 20.4. The van der Waals surface area contributed by atoms with Crippen molar-refractivity contribution in [3.63, 3.8) is 0 Å². The molecule has 1 saturated heterocycles. The molecule has 150 valence electrons. The Morgan fingerprint density at radius 3 is 2.79 bits per heavy atom. The van der Waals surface area contributed by atoms with E-state index in [2.05, 4.69) is 4.90 Å². The SMILES string of the molecule is CCOc1cc(CN2CC[C@H](C(N)=O)C2)ccc1OCc1c(F)cccc1Cl. The van der Waals surface area contributed by atoms with Crippen molar-refractivity contribution in [3.05, 3.63) is 58.4 Å². The zero-order valence-electron chi connectivity index (χ0n) is 15.8. The van der Waals surface area contributed by atoms with Gasteiger partial charge in [-0.1, -0.05) is 23.7 Å². The number of rotatable bonds is 8. The summed E-state index contributed by atoms with van der Waals surface area (Å²) in [5.74, 6) is 0.395. The van der Waals surface area contributed by atoms with Gasteiger partial charge < -0.3 is 15.2 Å². The fourth-order valence-electron chi connectivity index (χ4n) is 3.33. The number of ether oxygens (including phenoxy) is 2. The van der Waals surface area contributed by atoms with Crippen LogP contribution in [0.4, 0.5) is 4.39 Å². The number of carbonyl (C=O) groups is 1. The minimum Gasteiger partial charge on any atom is -0.490 e. The van der Waals surface area contributed by atoms with Gasteiger partial charge in [-0.15, -0.1) is 0 Å². The third-order valence-corrected chi connectivity index (χ3v) is 5.18. The average molecular weight is 407 g/mol. The number of benzene rings is 2. The maximum absolute atomic E-state index is 13.9. The Morgan fingerprint density at radius 2 is 2.11 bits per heavy atom. The normalized spacial score (nSPS) is 16.9. The zero-order valence-corrected chi connectivity index (χ0v) is 16.5. The summed E-state index contributed by atoms with van der Waals surface area (Å²) >= 11 is 6.06. The Bertz CT molecular complexity index is 826. The third-order valence-electron chi connectivity index (χ3n) is 4.82. The Hall–Kier alpha value is -2.31. The summed E-state index contributed by atoms with van der Waals surface area (Å²) in [5, 5.41) is 0.326. The zero-order chi connectivity index (χ0) is 20.1. The van der Waals surface area contributed by atoms with Gasteiger partial charge in [0.25, 0.3) is 0 Å². The molecule has 2 aromatic rings. The lowest BCUT2D eigenvalue weighted by Gasteiger charge is -2.18. The lowest BCUT2D eigenvalue weighted by atomic mass is 10.1. The van der Waals surface area contributed by atoms with Crippen LogP contribution in [0.15, 0.2) is 36.4 Å². The number of nitrogens with zero attached hydrogens (tertiary/aromatic N) is 1. The fourth-order valence-corrected chi connectivity index (χ4v) is 3.54. The average Bonchev–Trinajstić information content (AvgIpc) is 3.12. The number of hydrogen-bond donors (Lipinski definition) is 1. The highest BCUT2D eigenvalue weighted by Crippen LogP contribution is 2.31. The number of likely N-dealkylation sites (tertiary alicyclic amines) is 1. The Labute approximate surface area is 169 Å². The van der Waals surface area contributed by atoms with Crippen LogP contribution in [0.2, 0.25) is 5.02 Å². The van der Waals surface area contributed by atoms with Gasteiger partial charge in [0.15, 0.2) is 11.5 Å². The molecule has 0 unspecified atom stereocenters. The van der Waals surface area contributed by atoms with E-state index in [-0.39, 0.29) is 18.4 Å². The summed E-state index contributed by atoms with van der Waals surface area (Å²) in [6.07, 6.45) is 0.790. The molecule has 0 radical (unpaired) electrons. The molecule has 0 aromatic heterocycles. The highest BCUT2D eigenvalue weighted by Gasteiger charge is 2.26. The van der Waals surface area contributed by atoms with Crippen molar-refractivity contribution in [2.24, 2.45) is 11.7 Å². The van der Waals surface area contributed by atoms with Crippen LogP contribution in [-0.4, -0.2) is 30.5 Å². The molecule has 2 aromatic carbocycles. The number of halogens is 2. The topological polar surface area (TPSA) is 64.8 Å². The predicted molar refractivity (Wildman–Crippen MR) is 106 cm³/mol. The van der Waals surface area contributed by atoms with Crippen LogP contribution in [0.1, 0.15) is 24.5 Å². The van der Waals surface area contributed by atoms with Crippen molar-refractivity contribution in [2.45, 2.75) is 26.5 Å². The molecule has 28 heavy (non-hydrogen) atoms. The van der Waals surface area contributed by atoms with Gasteiger partial charge in [0, 0.05) is 18.7 Å². The summed E-state index contributed by atoms with van der Waals surface area (Å²) in [6, 6.07) is 10.2. The first-order chi connectivity index (χ1) is 13.5. The van der Waals surface area contributed by atoms with Gasteiger partial charge in [0.1, 0.15) is 12.4 Å². The van der Waals surface area contributed by atoms with E-state index < -0.39 is 5.82 Å². The maximum atomic E-state index is 13.9. The number of nitrogens with two attached hydrogens (primary N) is 1. The highest BCUT2D eigenvalue weighted by molar-refractivity contribution is 6.31. The third kappa shape index (κ3) is 4.94. The first-order valence-corrected chi connectivity index (χ1v) is 9.68. The van der Waals surface area contributed by atoms with E-state index in [1.54, 1.807) is 12.1 Å². The van der Waals surface area contributed by atoms with Crippen molar-refractivity contribution >= 4 is 17.5 Å². The van der Waals surface area contributed by atoms with Crippen LogP contribution in [0.25, 0.3) is 0 Å². The van der Waals surface area contributed by atoms with Gasteiger partial charge in [-0.2, -0.15) is 0 Å². The van der Waals surface area contributed by atoms with Gasteiger partial charge in [-0.05, 0) is 49.7 Å². The van der Waals surface area contributed by atoms with Crippen LogP contribution >= 0.6 is 11.6 Å². The van der Waals surface area contributed by atoms with Crippen molar-refractivity contribution in [1.82, 2.24) is 4.90 Å². The van der Waals surface area contributed by atoms with Gasteiger partial charge in [0.2, 0.25) is 5.91 Å². The monoisotopic (exact) mass is 406 g/mol. The second kappa shape index (κ2) is 9.26. The van der Waals surface area contributed by atoms with Crippen LogP contribution in [-0.2, 0) is 17.9 Å². The Morgan fingerprint density at radius 1 is 1.29 bits per heavy atom. The molecule has 1 atom stereocenters. The van der Waals surface area contributed by atoms with E-state index in [1.807, 2.05) is 25.1 Å². The smallest absolute Gasteiger partial charge is 0.221 e. The van der Waals surface area contributed by atoms with Crippen molar-refractivity contribution in [3.8, 4) is 11.5 Å². The quantitative estimate of drug-likeness (QED) is 0.724. The minimum atomic E-state index is -0.403. The molecule has 7 heteroatoms. The summed E-state index contributed by atoms with van der Waals surface area (Å²) in [6.45, 7) is 4.58. The molecular weight excluding hydrogens is 383 g/mol. The van der Waals surface area contributed by atoms with Crippen molar-refractivity contribution < 1.29 is 18.7 Å². The molecule has 1 fully saturated rings. The molecule has 5 nitrogen and oxygen atoms in total. The van der Waals surface area contributed by atoms with Gasteiger partial charge in [0.05, 0.1) is 17.5 Å². The molecular formula is C21H24ClFN2O3. The van der Waals surface area contributed by atoms with Crippen molar-refractivity contribution in [2.75, 3.05) is 19.7 Å². The van der Waals surface area contributed by atoms with E-state index >= 15 is 0 Å². The molecule has 0 aliphatic carbocycles. The van der Waals surface area contributed by atoms with Gasteiger partial charge in [-0.3, -0.25) is 9.69 Å². The van der Waals surface area contributed by atoms with Crippen LogP contribution in [0, 0.1) is 11.7 Å². The minimum absolute atomic E-state index is 0.0113. The maximum Gasteiger partial charge on any atom is 0.221 e. The van der Waals surface area contributed by atoms with Crippen LogP contribution in [0.5, 0.6) is 11.5 Å². The standard InChI is InChI=1S/C21H24ClFN2O3/c1-2-27-20-10-14(11-25-9-8-15(12-25)21(24)26)6-7-19(20)28-13-16-17(22)4-3-5-18(16)23/h3-7,10,15H,2,8-9,11-13H2,1H3,(H2,24,26)/t15-/m0/s1. The molecule has 2 N–H and O–H groups in total. The Kier molecular flexibility index (Phi) is 6.75. The van der Waals surface area contributed by atoms with Crippen LogP contribution in [0.3, 0.4) is 0 Å². The number of amides is 1. The largest absolute Gasteiger partial charge is 0.490 e. The van der Waals surface area contributed by atoms with Gasteiger partial charge >= 0.3 is 0 Å². The predicted octanol–water partition coefficient (Wildman–Crippen LogP) is 3.76. The lowest BCUT2D eigenvalue weighted by molar-refractivity contribution is -0.121. The molecule has 1 heterocycles. The molecule has 0 spiro atoms. The summed E-state index contributed by atoms with van der Waals surface area (Å²) in [7, 11) is 0. The second-order valence-corrected chi connectivity index (χ2v) is 7.23. The second-order valence-electron chi connectivity index (χ2n) is 6.83. The van der Waals surface area contributed by atoms with E-state index in [9.17, 15) is 9.18 Å². The number of hydrogen-bond acceptors (Lipinski definition) is 4. The Balaban J connectivity index is 1.70.